The van der Waals surface area contributed by atoms with E-state index in [-0.39, 0.29) is 12.0 Å². The van der Waals surface area contributed by atoms with Crippen LogP contribution in [0.3, 0.4) is 0 Å². The Balaban J connectivity index is 2.05. The van der Waals surface area contributed by atoms with Gasteiger partial charge in [-0.1, -0.05) is 13.3 Å². The van der Waals surface area contributed by atoms with Crippen molar-refractivity contribution in [1.82, 2.24) is 4.90 Å². The van der Waals surface area contributed by atoms with Crippen molar-refractivity contribution in [2.75, 3.05) is 24.7 Å². The van der Waals surface area contributed by atoms with E-state index in [0.29, 0.717) is 6.04 Å². The van der Waals surface area contributed by atoms with Crippen molar-refractivity contribution in [1.29, 1.82) is 0 Å². The molecule has 3 unspecified atom stereocenters. The average Bonchev–Trinajstić information content (AvgIpc) is 3.08. The van der Waals surface area contributed by atoms with E-state index in [1.807, 2.05) is 23.6 Å². The topological polar surface area (TPSA) is 55.6 Å². The second kappa shape index (κ2) is 7.14. The van der Waals surface area contributed by atoms with Gasteiger partial charge in [0.2, 0.25) is 5.91 Å². The third-order valence-corrected chi connectivity index (χ3v) is 5.43. The summed E-state index contributed by atoms with van der Waals surface area (Å²) in [6.45, 7) is 5.51. The second-order valence-electron chi connectivity index (χ2n) is 6.28. The molecule has 4 nitrogen and oxygen atoms in total. The summed E-state index contributed by atoms with van der Waals surface area (Å²) in [6.07, 6.45) is 5.16. The molecule has 2 fully saturated rings. The summed E-state index contributed by atoms with van der Waals surface area (Å²) in [7, 11) is 0. The lowest BCUT2D eigenvalue weighted by Crippen LogP contribution is -2.57. The fourth-order valence-electron chi connectivity index (χ4n) is 3.13. The summed E-state index contributed by atoms with van der Waals surface area (Å²) in [5, 5.41) is 0. The maximum absolute atomic E-state index is 12.9. The molecule has 5 heteroatoms. The van der Waals surface area contributed by atoms with Crippen LogP contribution in [0.25, 0.3) is 0 Å². The maximum atomic E-state index is 12.9. The highest BCUT2D eigenvalue weighted by molar-refractivity contribution is 7.99. The van der Waals surface area contributed by atoms with Crippen LogP contribution in [0, 0.1) is 0 Å². The van der Waals surface area contributed by atoms with Gasteiger partial charge in [0, 0.05) is 24.9 Å². The Hall–Kier alpha value is -0.260. The van der Waals surface area contributed by atoms with Crippen molar-refractivity contribution in [3.05, 3.63) is 0 Å². The minimum absolute atomic E-state index is 0.113. The number of amides is 1. The van der Waals surface area contributed by atoms with E-state index in [1.54, 1.807) is 0 Å². The number of carbonyl (C=O) groups is 1. The van der Waals surface area contributed by atoms with Gasteiger partial charge in [-0.25, -0.2) is 0 Å². The molecule has 0 spiro atoms. The molecule has 3 atom stereocenters. The smallest absolute Gasteiger partial charge is 0.242 e. The third-order valence-electron chi connectivity index (χ3n) is 4.29. The van der Waals surface area contributed by atoms with Gasteiger partial charge in [-0.15, -0.1) is 0 Å². The van der Waals surface area contributed by atoms with Gasteiger partial charge >= 0.3 is 0 Å². The molecule has 0 saturated carbocycles. The number of ether oxygens (including phenoxy) is 1. The molecule has 0 aromatic rings. The molecule has 2 heterocycles. The normalized spacial score (nSPS) is 29.4. The van der Waals surface area contributed by atoms with E-state index in [9.17, 15) is 4.79 Å². The molecular weight excluding hydrogens is 272 g/mol. The van der Waals surface area contributed by atoms with Gasteiger partial charge in [0.1, 0.15) is 0 Å². The minimum Gasteiger partial charge on any atom is -0.376 e. The molecule has 20 heavy (non-hydrogen) atoms. The molecule has 2 N–H and O–H groups in total. The Morgan fingerprint density at radius 1 is 1.50 bits per heavy atom. The van der Waals surface area contributed by atoms with Crippen LogP contribution in [-0.4, -0.2) is 53.1 Å². The molecule has 0 aliphatic carbocycles. The first-order valence-electron chi connectivity index (χ1n) is 7.84. The molecule has 2 aliphatic heterocycles. The van der Waals surface area contributed by atoms with Crippen LogP contribution in [0.2, 0.25) is 0 Å². The van der Waals surface area contributed by atoms with E-state index < -0.39 is 5.54 Å². The third kappa shape index (κ3) is 3.89. The van der Waals surface area contributed by atoms with Crippen molar-refractivity contribution < 1.29 is 9.53 Å². The molecule has 2 rings (SSSR count). The molecule has 116 valence electrons. The zero-order valence-corrected chi connectivity index (χ0v) is 13.6. The van der Waals surface area contributed by atoms with Crippen LogP contribution < -0.4 is 5.73 Å². The zero-order valence-electron chi connectivity index (χ0n) is 12.8. The van der Waals surface area contributed by atoms with Crippen LogP contribution in [0.5, 0.6) is 0 Å². The number of carbonyl (C=O) groups excluding carboxylic acids is 1. The van der Waals surface area contributed by atoms with Gasteiger partial charge in [0.15, 0.2) is 0 Å². The van der Waals surface area contributed by atoms with Crippen molar-refractivity contribution in [2.24, 2.45) is 5.73 Å². The first kappa shape index (κ1) is 16.1. The number of hydrogen-bond acceptors (Lipinski definition) is 4. The highest BCUT2D eigenvalue weighted by Crippen LogP contribution is 2.27. The van der Waals surface area contributed by atoms with E-state index in [2.05, 4.69) is 6.92 Å². The first-order valence-corrected chi connectivity index (χ1v) is 8.99. The minimum atomic E-state index is -0.736. The van der Waals surface area contributed by atoms with Gasteiger partial charge in [-0.3, -0.25) is 4.79 Å². The van der Waals surface area contributed by atoms with E-state index in [1.165, 1.54) is 0 Å². The van der Waals surface area contributed by atoms with Gasteiger partial charge in [0.05, 0.1) is 11.6 Å². The SMILES string of the molecule is CCCC(C)(N)C(=O)N(CC1CCCO1)C1CCSC1. The Morgan fingerprint density at radius 2 is 2.30 bits per heavy atom. The zero-order chi connectivity index (χ0) is 14.6. The fraction of sp³-hybridized carbons (Fsp3) is 0.933. The summed E-state index contributed by atoms with van der Waals surface area (Å²) in [4.78, 5) is 14.9. The number of nitrogens with two attached hydrogens (primary N) is 1. The van der Waals surface area contributed by atoms with Gasteiger partial charge in [-0.2, -0.15) is 11.8 Å². The van der Waals surface area contributed by atoms with Crippen molar-refractivity contribution in [3.63, 3.8) is 0 Å². The molecule has 2 aliphatic rings. The fourth-order valence-corrected chi connectivity index (χ4v) is 4.35. The number of rotatable bonds is 6. The molecule has 2 saturated heterocycles. The van der Waals surface area contributed by atoms with Gasteiger partial charge in [-0.05, 0) is 38.4 Å². The second-order valence-corrected chi connectivity index (χ2v) is 7.43. The predicted molar refractivity (Wildman–Crippen MR) is 83.9 cm³/mol. The lowest BCUT2D eigenvalue weighted by Gasteiger charge is -2.36. The molecule has 0 aromatic heterocycles. The first-order chi connectivity index (χ1) is 9.54. The van der Waals surface area contributed by atoms with Crippen LogP contribution in [-0.2, 0) is 9.53 Å². The maximum Gasteiger partial charge on any atom is 0.242 e. The lowest BCUT2D eigenvalue weighted by molar-refractivity contribution is -0.140. The van der Waals surface area contributed by atoms with E-state index in [0.717, 1.165) is 56.8 Å². The summed E-state index contributed by atoms with van der Waals surface area (Å²) in [5.74, 6) is 2.30. The molecule has 0 bridgehead atoms. The molecular formula is C15H28N2O2S. The highest BCUT2D eigenvalue weighted by Gasteiger charge is 2.38. The van der Waals surface area contributed by atoms with Crippen LogP contribution in [0.1, 0.15) is 46.0 Å². The van der Waals surface area contributed by atoms with Crippen LogP contribution >= 0.6 is 11.8 Å². The Bertz CT molecular complexity index is 324. The van der Waals surface area contributed by atoms with E-state index in [4.69, 9.17) is 10.5 Å². The summed E-state index contributed by atoms with van der Waals surface area (Å²) in [6, 6.07) is 0.344. The molecule has 0 aromatic carbocycles. The number of nitrogens with zero attached hydrogens (tertiary/aromatic N) is 1. The Kier molecular flexibility index (Phi) is 5.75. The number of thioether (sulfide) groups is 1. The lowest BCUT2D eigenvalue weighted by atomic mass is 9.94. The van der Waals surface area contributed by atoms with Gasteiger partial charge < -0.3 is 15.4 Å². The van der Waals surface area contributed by atoms with Crippen molar-refractivity contribution in [2.45, 2.75) is 63.6 Å². The van der Waals surface area contributed by atoms with E-state index >= 15 is 0 Å². The predicted octanol–water partition coefficient (Wildman–Crippen LogP) is 2.02. The van der Waals surface area contributed by atoms with Crippen LogP contribution in [0.15, 0.2) is 0 Å². The average molecular weight is 300 g/mol. The monoisotopic (exact) mass is 300 g/mol. The molecule has 0 radical (unpaired) electrons. The quantitative estimate of drug-likeness (QED) is 0.815. The van der Waals surface area contributed by atoms with Crippen LogP contribution in [0.4, 0.5) is 0 Å². The van der Waals surface area contributed by atoms with Gasteiger partial charge in [0.25, 0.3) is 0 Å². The van der Waals surface area contributed by atoms with Crippen molar-refractivity contribution >= 4 is 17.7 Å². The largest absolute Gasteiger partial charge is 0.376 e. The number of hydrogen-bond donors (Lipinski definition) is 1. The molecule has 1 amide bonds. The summed E-state index contributed by atoms with van der Waals surface area (Å²) in [5.41, 5.74) is 5.54. The Labute approximate surface area is 126 Å². The highest BCUT2D eigenvalue weighted by atomic mass is 32.2. The van der Waals surface area contributed by atoms with Crippen molar-refractivity contribution in [3.8, 4) is 0 Å². The standard InChI is InChI=1S/C15H28N2O2S/c1-3-7-15(2,16)14(18)17(12-6-9-20-11-12)10-13-5-4-8-19-13/h12-13H,3-11,16H2,1-2H3. The summed E-state index contributed by atoms with van der Waals surface area (Å²) < 4.78 is 5.72. The Morgan fingerprint density at radius 3 is 2.85 bits per heavy atom. The summed E-state index contributed by atoms with van der Waals surface area (Å²) >= 11 is 1.93.